The predicted molar refractivity (Wildman–Crippen MR) is 50.0 cm³/mol. The molecule has 2 N–H and O–H groups in total. The second kappa shape index (κ2) is 3.98. The molecule has 6 heteroatoms. The number of rotatable bonds is 5. The first-order valence-electron chi connectivity index (χ1n) is 4.92. The maximum absolute atomic E-state index is 10.9. The Balaban J connectivity index is 1.87. The van der Waals surface area contributed by atoms with Crippen LogP contribution in [0.15, 0.2) is 4.52 Å². The normalized spacial score (nSPS) is 17.7. The average Bonchev–Trinajstić information content (AvgIpc) is 2.90. The molecule has 1 saturated carbocycles. The van der Waals surface area contributed by atoms with Gasteiger partial charge in [-0.15, -0.1) is 0 Å². The van der Waals surface area contributed by atoms with Crippen molar-refractivity contribution in [2.45, 2.75) is 32.4 Å². The van der Waals surface area contributed by atoms with Crippen LogP contribution < -0.4 is 5.32 Å². The van der Waals surface area contributed by atoms with Crippen LogP contribution in [0.4, 0.5) is 0 Å². The van der Waals surface area contributed by atoms with Gasteiger partial charge in [-0.3, -0.25) is 10.1 Å². The molecule has 82 valence electrons. The Labute approximate surface area is 86.7 Å². The fourth-order valence-electron chi connectivity index (χ4n) is 1.50. The molecular formula is C9H13N3O3. The predicted octanol–water partition coefficient (Wildman–Crippen LogP) is 0.331. The van der Waals surface area contributed by atoms with Gasteiger partial charge in [0.1, 0.15) is 6.04 Å². The summed E-state index contributed by atoms with van der Waals surface area (Å²) in [6, 6.07) is -0.483. The van der Waals surface area contributed by atoms with Gasteiger partial charge in [0.05, 0.1) is 6.54 Å². The summed E-state index contributed by atoms with van der Waals surface area (Å²) in [5.41, 5.74) is 0. The largest absolute Gasteiger partial charge is 0.480 e. The topological polar surface area (TPSA) is 88.2 Å². The van der Waals surface area contributed by atoms with E-state index in [1.165, 1.54) is 0 Å². The lowest BCUT2D eigenvalue weighted by Gasteiger charge is -2.11. The van der Waals surface area contributed by atoms with E-state index in [1.807, 2.05) is 0 Å². The molecule has 0 spiro atoms. The van der Waals surface area contributed by atoms with Crippen molar-refractivity contribution in [1.82, 2.24) is 15.5 Å². The zero-order valence-electron chi connectivity index (χ0n) is 8.43. The van der Waals surface area contributed by atoms with E-state index < -0.39 is 12.0 Å². The summed E-state index contributed by atoms with van der Waals surface area (Å²) in [6.45, 7) is 2.04. The molecule has 2 rings (SSSR count). The van der Waals surface area contributed by atoms with Crippen molar-refractivity contribution in [1.29, 1.82) is 0 Å². The summed E-state index contributed by atoms with van der Waals surface area (Å²) < 4.78 is 4.78. The summed E-state index contributed by atoms with van der Waals surface area (Å²) in [7, 11) is 0. The molecule has 0 saturated heterocycles. The molecule has 0 aliphatic heterocycles. The van der Waals surface area contributed by atoms with Crippen molar-refractivity contribution in [2.75, 3.05) is 0 Å². The molecule has 1 fully saturated rings. The molecule has 6 nitrogen and oxygen atoms in total. The van der Waals surface area contributed by atoms with Crippen LogP contribution in [0.25, 0.3) is 0 Å². The van der Waals surface area contributed by atoms with Gasteiger partial charge in [-0.25, -0.2) is 0 Å². The second-order valence-corrected chi connectivity index (χ2v) is 3.76. The summed E-state index contributed by atoms with van der Waals surface area (Å²) >= 11 is 0. The number of aliphatic carboxylic acids is 1. The summed E-state index contributed by atoms with van der Waals surface area (Å²) in [5, 5.41) is 15.6. The Morgan fingerprint density at radius 1 is 1.73 bits per heavy atom. The number of nitrogens with one attached hydrogen (secondary N) is 1. The van der Waals surface area contributed by atoms with E-state index >= 15 is 0 Å². The number of carbonyl (C=O) groups is 1. The van der Waals surface area contributed by atoms with Gasteiger partial charge in [-0.2, -0.15) is 4.98 Å². The maximum Gasteiger partial charge on any atom is 0.320 e. The molecule has 1 aliphatic rings. The third-order valence-electron chi connectivity index (χ3n) is 2.41. The van der Waals surface area contributed by atoms with Crippen LogP contribution >= 0.6 is 0 Å². The molecule has 0 amide bonds. The first kappa shape index (κ1) is 10.1. The molecule has 0 radical (unpaired) electrons. The van der Waals surface area contributed by atoms with E-state index in [1.54, 1.807) is 6.92 Å². The van der Waals surface area contributed by atoms with E-state index in [-0.39, 0.29) is 5.92 Å². The van der Waals surface area contributed by atoms with Crippen LogP contribution in [0.1, 0.15) is 24.6 Å². The van der Waals surface area contributed by atoms with Crippen molar-refractivity contribution in [3.63, 3.8) is 0 Å². The van der Waals surface area contributed by atoms with Crippen LogP contribution in [-0.2, 0) is 11.3 Å². The molecule has 1 unspecified atom stereocenters. The average molecular weight is 211 g/mol. The quantitative estimate of drug-likeness (QED) is 0.729. The number of hydrogen-bond donors (Lipinski definition) is 2. The maximum atomic E-state index is 10.9. The van der Waals surface area contributed by atoms with Gasteiger partial charge in [0.2, 0.25) is 5.89 Å². The molecule has 0 aromatic carbocycles. The van der Waals surface area contributed by atoms with Crippen LogP contribution in [0.5, 0.6) is 0 Å². The van der Waals surface area contributed by atoms with Crippen molar-refractivity contribution in [3.8, 4) is 0 Å². The lowest BCUT2D eigenvalue weighted by Crippen LogP contribution is -2.38. The van der Waals surface area contributed by atoms with Gasteiger partial charge >= 0.3 is 5.97 Å². The number of aromatic nitrogens is 2. The zero-order valence-corrected chi connectivity index (χ0v) is 8.43. The molecule has 1 aromatic rings. The summed E-state index contributed by atoms with van der Waals surface area (Å²) in [6.07, 6.45) is 1.96. The van der Waals surface area contributed by atoms with E-state index in [2.05, 4.69) is 15.5 Å². The smallest absolute Gasteiger partial charge is 0.320 e. The monoisotopic (exact) mass is 211 g/mol. The Morgan fingerprint density at radius 3 is 2.93 bits per heavy atom. The number of hydrogen-bond acceptors (Lipinski definition) is 5. The van der Waals surface area contributed by atoms with Gasteiger partial charge in [0.25, 0.3) is 0 Å². The van der Waals surface area contributed by atoms with E-state index in [0.29, 0.717) is 18.3 Å². The van der Waals surface area contributed by atoms with Crippen molar-refractivity contribution < 1.29 is 14.4 Å². The molecule has 1 heterocycles. The number of carboxylic acid groups (broad SMARTS) is 1. The lowest BCUT2D eigenvalue weighted by atomic mass is 10.2. The Bertz CT molecular complexity index is 359. The number of carboxylic acids is 1. The first-order chi connectivity index (χ1) is 7.16. The van der Waals surface area contributed by atoms with Crippen LogP contribution in [0, 0.1) is 12.8 Å². The van der Waals surface area contributed by atoms with Crippen LogP contribution in [-0.4, -0.2) is 27.3 Å². The minimum Gasteiger partial charge on any atom is -0.480 e. The number of aryl methyl sites for hydroxylation is 1. The van der Waals surface area contributed by atoms with Crippen molar-refractivity contribution in [3.05, 3.63) is 11.7 Å². The summed E-state index contributed by atoms with van der Waals surface area (Å²) in [5.74, 6) is 0.442. The number of nitrogens with zero attached hydrogens (tertiary/aromatic N) is 2. The van der Waals surface area contributed by atoms with Gasteiger partial charge in [0.15, 0.2) is 5.82 Å². The van der Waals surface area contributed by atoms with Crippen LogP contribution in [0.2, 0.25) is 0 Å². The third kappa shape index (κ3) is 2.53. The zero-order chi connectivity index (χ0) is 10.8. The molecule has 1 aliphatic carbocycles. The van der Waals surface area contributed by atoms with Gasteiger partial charge in [0, 0.05) is 6.92 Å². The highest BCUT2D eigenvalue weighted by Gasteiger charge is 2.35. The fourth-order valence-corrected chi connectivity index (χ4v) is 1.50. The highest BCUT2D eigenvalue weighted by molar-refractivity contribution is 5.74. The summed E-state index contributed by atoms with van der Waals surface area (Å²) in [4.78, 5) is 14.9. The molecular weight excluding hydrogens is 198 g/mol. The fraction of sp³-hybridized carbons (Fsp3) is 0.667. The SMILES string of the molecule is Cc1nc(CNC(C(=O)O)C2CC2)no1. The standard InChI is InChI=1S/C9H13N3O3/c1-5-11-7(12-15-5)4-10-8(9(13)14)6-2-3-6/h6,8,10H,2-4H2,1H3,(H,13,14). The second-order valence-electron chi connectivity index (χ2n) is 3.76. The Morgan fingerprint density at radius 2 is 2.47 bits per heavy atom. The van der Waals surface area contributed by atoms with E-state index in [9.17, 15) is 4.79 Å². The highest BCUT2D eigenvalue weighted by atomic mass is 16.5. The molecule has 0 bridgehead atoms. The minimum atomic E-state index is -0.808. The van der Waals surface area contributed by atoms with E-state index in [0.717, 1.165) is 12.8 Å². The van der Waals surface area contributed by atoms with Gasteiger partial charge in [-0.1, -0.05) is 5.16 Å². The Kier molecular flexibility index (Phi) is 2.68. The Hall–Kier alpha value is -1.43. The van der Waals surface area contributed by atoms with E-state index in [4.69, 9.17) is 9.63 Å². The molecule has 15 heavy (non-hydrogen) atoms. The highest BCUT2D eigenvalue weighted by Crippen LogP contribution is 2.32. The van der Waals surface area contributed by atoms with Gasteiger partial charge in [-0.05, 0) is 18.8 Å². The van der Waals surface area contributed by atoms with Gasteiger partial charge < -0.3 is 9.63 Å². The first-order valence-corrected chi connectivity index (χ1v) is 4.92. The minimum absolute atomic E-state index is 0.260. The molecule has 1 atom stereocenters. The van der Waals surface area contributed by atoms with Crippen molar-refractivity contribution >= 4 is 5.97 Å². The van der Waals surface area contributed by atoms with Crippen LogP contribution in [0.3, 0.4) is 0 Å². The lowest BCUT2D eigenvalue weighted by molar-refractivity contribution is -0.140. The third-order valence-corrected chi connectivity index (χ3v) is 2.41. The van der Waals surface area contributed by atoms with Crippen molar-refractivity contribution in [2.24, 2.45) is 5.92 Å². The molecule has 1 aromatic heterocycles.